The Bertz CT molecular complexity index is 536. The predicted octanol–water partition coefficient (Wildman–Crippen LogP) is 2.54. The van der Waals surface area contributed by atoms with Gasteiger partial charge in [0.2, 0.25) is 11.8 Å². The van der Waals surface area contributed by atoms with Gasteiger partial charge in [0.1, 0.15) is 5.75 Å². The summed E-state index contributed by atoms with van der Waals surface area (Å²) in [5.74, 6) is 0.740. The first-order chi connectivity index (χ1) is 11.6. The minimum absolute atomic E-state index is 0.00722. The molecule has 1 aromatic rings. The van der Waals surface area contributed by atoms with Gasteiger partial charge in [-0.25, -0.2) is 0 Å². The number of carbonyl (C=O) groups excluding carboxylic acids is 2. The number of rotatable bonds is 7. The zero-order chi connectivity index (χ0) is 17.4. The first kappa shape index (κ1) is 18.3. The molecule has 0 atom stereocenters. The molecule has 1 fully saturated rings. The van der Waals surface area contributed by atoms with Gasteiger partial charge >= 0.3 is 0 Å². The summed E-state index contributed by atoms with van der Waals surface area (Å²) in [5, 5.41) is 2.92. The number of hydrogen-bond acceptors (Lipinski definition) is 3. The molecule has 132 valence electrons. The van der Waals surface area contributed by atoms with E-state index < -0.39 is 0 Å². The fourth-order valence-electron chi connectivity index (χ4n) is 3.24. The van der Waals surface area contributed by atoms with E-state index in [0.717, 1.165) is 43.4 Å². The van der Waals surface area contributed by atoms with Gasteiger partial charge in [-0.2, -0.15) is 0 Å². The fourth-order valence-corrected chi connectivity index (χ4v) is 3.24. The van der Waals surface area contributed by atoms with E-state index in [1.54, 1.807) is 18.9 Å². The normalized spacial score (nSPS) is 14.9. The number of ether oxygens (including phenoxy) is 1. The van der Waals surface area contributed by atoms with Crippen LogP contribution in [0.4, 0.5) is 0 Å². The molecule has 5 nitrogen and oxygen atoms in total. The first-order valence-corrected chi connectivity index (χ1v) is 8.77. The smallest absolute Gasteiger partial charge is 0.239 e. The number of amides is 2. The van der Waals surface area contributed by atoms with E-state index in [4.69, 9.17) is 4.74 Å². The highest BCUT2D eigenvalue weighted by molar-refractivity contribution is 5.84. The molecule has 1 aromatic carbocycles. The zero-order valence-electron chi connectivity index (χ0n) is 14.7. The molecule has 2 amide bonds. The summed E-state index contributed by atoms with van der Waals surface area (Å²) in [5.41, 5.74) is 1.15. The van der Waals surface area contributed by atoms with Crippen LogP contribution in [0.3, 0.4) is 0 Å². The summed E-state index contributed by atoms with van der Waals surface area (Å²) in [6.07, 6.45) is 6.31. The third-order valence-corrected chi connectivity index (χ3v) is 4.63. The molecule has 2 rings (SSSR count). The second-order valence-electron chi connectivity index (χ2n) is 6.39. The van der Waals surface area contributed by atoms with Gasteiger partial charge in [0, 0.05) is 19.5 Å². The summed E-state index contributed by atoms with van der Waals surface area (Å²) in [6.45, 7) is 2.30. The number of hydrogen-bond donors (Lipinski definition) is 1. The Hall–Kier alpha value is -2.04. The fraction of sp³-hybridized carbons (Fsp3) is 0.579. The SMILES string of the molecule is COc1ccc(CCNC(=O)CN(C(C)=O)C2CCCCC2)cc1. The Labute approximate surface area is 144 Å². The average Bonchev–Trinajstić information content (AvgIpc) is 2.61. The molecule has 5 heteroatoms. The van der Waals surface area contributed by atoms with Crippen molar-refractivity contribution in [3.8, 4) is 5.75 Å². The molecule has 0 unspecified atom stereocenters. The quantitative estimate of drug-likeness (QED) is 0.835. The van der Waals surface area contributed by atoms with Gasteiger partial charge in [0.05, 0.1) is 13.7 Å². The van der Waals surface area contributed by atoms with Crippen LogP contribution in [0, 0.1) is 0 Å². The Morgan fingerprint density at radius 2 is 1.83 bits per heavy atom. The minimum Gasteiger partial charge on any atom is -0.497 e. The van der Waals surface area contributed by atoms with Gasteiger partial charge in [-0.05, 0) is 37.0 Å². The molecule has 1 aliphatic rings. The summed E-state index contributed by atoms with van der Waals surface area (Å²) in [7, 11) is 1.64. The molecule has 0 aromatic heterocycles. The highest BCUT2D eigenvalue weighted by Gasteiger charge is 2.24. The number of benzene rings is 1. The molecule has 1 N–H and O–H groups in total. The van der Waals surface area contributed by atoms with Crippen molar-refractivity contribution in [2.45, 2.75) is 51.5 Å². The lowest BCUT2D eigenvalue weighted by molar-refractivity contribution is -0.137. The zero-order valence-corrected chi connectivity index (χ0v) is 14.7. The van der Waals surface area contributed by atoms with E-state index in [1.165, 1.54) is 6.42 Å². The lowest BCUT2D eigenvalue weighted by Crippen LogP contribution is -2.46. The average molecular weight is 332 g/mol. The van der Waals surface area contributed by atoms with Crippen LogP contribution in [0.1, 0.15) is 44.6 Å². The van der Waals surface area contributed by atoms with Gasteiger partial charge in [0.15, 0.2) is 0 Å². The third kappa shape index (κ3) is 5.55. The predicted molar refractivity (Wildman–Crippen MR) is 94.0 cm³/mol. The lowest BCUT2D eigenvalue weighted by atomic mass is 9.94. The summed E-state index contributed by atoms with van der Waals surface area (Å²) >= 11 is 0. The van der Waals surface area contributed by atoms with Crippen molar-refractivity contribution < 1.29 is 14.3 Å². The lowest BCUT2D eigenvalue weighted by Gasteiger charge is -2.33. The molecular formula is C19H28N2O3. The third-order valence-electron chi connectivity index (χ3n) is 4.63. The van der Waals surface area contributed by atoms with E-state index >= 15 is 0 Å². The largest absolute Gasteiger partial charge is 0.497 e. The van der Waals surface area contributed by atoms with Gasteiger partial charge in [0.25, 0.3) is 0 Å². The van der Waals surface area contributed by atoms with Gasteiger partial charge in [-0.15, -0.1) is 0 Å². The van der Waals surface area contributed by atoms with Crippen molar-refractivity contribution >= 4 is 11.8 Å². The van der Waals surface area contributed by atoms with Crippen molar-refractivity contribution in [2.75, 3.05) is 20.2 Å². The minimum atomic E-state index is -0.0794. The van der Waals surface area contributed by atoms with E-state index in [2.05, 4.69) is 5.32 Å². The van der Waals surface area contributed by atoms with Crippen molar-refractivity contribution in [3.05, 3.63) is 29.8 Å². The number of methoxy groups -OCH3 is 1. The molecule has 0 heterocycles. The second-order valence-corrected chi connectivity index (χ2v) is 6.39. The van der Waals surface area contributed by atoms with Crippen LogP contribution in [0.25, 0.3) is 0 Å². The summed E-state index contributed by atoms with van der Waals surface area (Å²) in [6, 6.07) is 8.04. The highest BCUT2D eigenvalue weighted by atomic mass is 16.5. The maximum absolute atomic E-state index is 12.2. The molecule has 0 bridgehead atoms. The molecule has 0 aliphatic heterocycles. The van der Waals surface area contributed by atoms with Crippen molar-refractivity contribution in [2.24, 2.45) is 0 Å². The maximum atomic E-state index is 12.2. The van der Waals surface area contributed by atoms with Gasteiger partial charge < -0.3 is 15.0 Å². The topological polar surface area (TPSA) is 58.6 Å². The van der Waals surface area contributed by atoms with Crippen LogP contribution >= 0.6 is 0 Å². The Kier molecular flexibility index (Phi) is 7.09. The number of nitrogens with zero attached hydrogens (tertiary/aromatic N) is 1. The van der Waals surface area contributed by atoms with Crippen LogP contribution in [-0.2, 0) is 16.0 Å². The van der Waals surface area contributed by atoms with Crippen molar-refractivity contribution in [3.63, 3.8) is 0 Å². The van der Waals surface area contributed by atoms with Crippen LogP contribution in [0.2, 0.25) is 0 Å². The van der Waals surface area contributed by atoms with Crippen molar-refractivity contribution in [1.82, 2.24) is 10.2 Å². The first-order valence-electron chi connectivity index (χ1n) is 8.77. The molecule has 1 saturated carbocycles. The van der Waals surface area contributed by atoms with E-state index in [-0.39, 0.29) is 24.4 Å². The van der Waals surface area contributed by atoms with Crippen LogP contribution in [0.15, 0.2) is 24.3 Å². The molecule has 1 aliphatic carbocycles. The maximum Gasteiger partial charge on any atom is 0.239 e. The van der Waals surface area contributed by atoms with E-state index in [9.17, 15) is 9.59 Å². The summed E-state index contributed by atoms with van der Waals surface area (Å²) < 4.78 is 5.13. The molecular weight excluding hydrogens is 304 g/mol. The molecule has 0 spiro atoms. The number of nitrogens with one attached hydrogen (secondary N) is 1. The molecule has 0 saturated heterocycles. The van der Waals surface area contributed by atoms with Crippen molar-refractivity contribution in [1.29, 1.82) is 0 Å². The monoisotopic (exact) mass is 332 g/mol. The van der Waals surface area contributed by atoms with Gasteiger partial charge in [-0.1, -0.05) is 31.4 Å². The Morgan fingerprint density at radius 1 is 1.17 bits per heavy atom. The standard InChI is InChI=1S/C19H28N2O3/c1-15(22)21(17-6-4-3-5-7-17)14-19(23)20-13-12-16-8-10-18(24-2)11-9-16/h8-11,17H,3-7,12-14H2,1-2H3,(H,20,23). The van der Waals surface area contributed by atoms with Crippen LogP contribution in [-0.4, -0.2) is 43.0 Å². The van der Waals surface area contributed by atoms with Crippen LogP contribution < -0.4 is 10.1 Å². The molecule has 24 heavy (non-hydrogen) atoms. The number of carbonyl (C=O) groups is 2. The van der Waals surface area contributed by atoms with Gasteiger partial charge in [-0.3, -0.25) is 9.59 Å². The van der Waals surface area contributed by atoms with E-state index in [1.807, 2.05) is 24.3 Å². The summed E-state index contributed by atoms with van der Waals surface area (Å²) in [4.78, 5) is 25.8. The Morgan fingerprint density at radius 3 is 2.42 bits per heavy atom. The molecule has 0 radical (unpaired) electrons. The van der Waals surface area contributed by atoms with E-state index in [0.29, 0.717) is 6.54 Å². The highest BCUT2D eigenvalue weighted by Crippen LogP contribution is 2.22. The second kappa shape index (κ2) is 9.30. The Balaban J connectivity index is 1.76. The van der Waals surface area contributed by atoms with Crippen LogP contribution in [0.5, 0.6) is 5.75 Å².